The minimum Gasteiger partial charge on any atom is -0.462 e. The van der Waals surface area contributed by atoms with E-state index in [0.717, 1.165) is 37.7 Å². The summed E-state index contributed by atoms with van der Waals surface area (Å²) in [6.07, 6.45) is 7.85. The van der Waals surface area contributed by atoms with E-state index < -0.39 is 0 Å². The topological polar surface area (TPSA) is 43.4 Å². The van der Waals surface area contributed by atoms with Gasteiger partial charge in [-0.15, -0.1) is 0 Å². The van der Waals surface area contributed by atoms with E-state index in [1.807, 2.05) is 30.3 Å². The Morgan fingerprint density at radius 2 is 1.61 bits per heavy atom. The van der Waals surface area contributed by atoms with Crippen LogP contribution in [-0.4, -0.2) is 17.9 Å². The quantitative estimate of drug-likeness (QED) is 0.421. The highest BCUT2D eigenvalue weighted by Crippen LogP contribution is 2.60. The van der Waals surface area contributed by atoms with E-state index in [2.05, 4.69) is 20.8 Å². The first-order valence-electron chi connectivity index (χ1n) is 12.7. The molecular weight excluding hydrogens is 384 g/mol. The van der Waals surface area contributed by atoms with Crippen LogP contribution >= 0.6 is 0 Å². The van der Waals surface area contributed by atoms with Gasteiger partial charge in [0.15, 0.2) is 5.78 Å². The van der Waals surface area contributed by atoms with Gasteiger partial charge in [-0.2, -0.15) is 0 Å². The van der Waals surface area contributed by atoms with Gasteiger partial charge in [-0.25, -0.2) is 0 Å². The van der Waals surface area contributed by atoms with Crippen LogP contribution in [0.5, 0.6) is 0 Å². The standard InChI is InChI=1S/C28H38O3/c1-16(2)22-10-9-17(3)11-24(22)31-28(30)26-21-13-18-12-20(15-21)25(23(26)14-18)27(29)19-7-5-4-6-8-19/h4-8,16-18,20-26H,9-15H2,1-3H3/t17-,18+,20-,21+,22+,23-,24-,25+,26-/m1/s1. The van der Waals surface area contributed by atoms with E-state index in [0.29, 0.717) is 35.5 Å². The molecule has 0 radical (unpaired) electrons. The van der Waals surface area contributed by atoms with Crippen LogP contribution in [0, 0.1) is 53.3 Å². The predicted octanol–water partition coefficient (Wildman–Crippen LogP) is 6.17. The average Bonchev–Trinajstić information content (AvgIpc) is 2.73. The van der Waals surface area contributed by atoms with Crippen LogP contribution in [0.4, 0.5) is 0 Å². The van der Waals surface area contributed by atoms with E-state index in [1.54, 1.807) is 0 Å². The molecule has 3 heteroatoms. The molecule has 31 heavy (non-hydrogen) atoms. The van der Waals surface area contributed by atoms with Gasteiger partial charge in [-0.3, -0.25) is 9.59 Å². The summed E-state index contributed by atoms with van der Waals surface area (Å²) < 4.78 is 6.35. The second-order valence-electron chi connectivity index (χ2n) is 11.6. The highest BCUT2D eigenvalue weighted by Gasteiger charge is 2.58. The van der Waals surface area contributed by atoms with Gasteiger partial charge >= 0.3 is 5.97 Å². The second kappa shape index (κ2) is 8.37. The van der Waals surface area contributed by atoms with Crippen molar-refractivity contribution in [1.82, 2.24) is 0 Å². The Labute approximate surface area is 187 Å². The van der Waals surface area contributed by atoms with Gasteiger partial charge in [0.25, 0.3) is 0 Å². The first-order chi connectivity index (χ1) is 14.9. The molecule has 5 aliphatic rings. The summed E-state index contributed by atoms with van der Waals surface area (Å²) in [5.74, 6) is 3.60. The number of carbonyl (C=O) groups excluding carboxylic acids is 2. The molecule has 1 aromatic carbocycles. The first kappa shape index (κ1) is 21.2. The normalized spacial score (nSPS) is 41.4. The molecule has 6 rings (SSSR count). The monoisotopic (exact) mass is 422 g/mol. The van der Waals surface area contributed by atoms with Crippen molar-refractivity contribution in [3.8, 4) is 0 Å². The van der Waals surface area contributed by atoms with Crippen LogP contribution in [0.1, 0.15) is 76.1 Å². The molecule has 9 atom stereocenters. The number of rotatable bonds is 5. The molecule has 0 aliphatic heterocycles. The molecule has 0 saturated heterocycles. The zero-order valence-electron chi connectivity index (χ0n) is 19.3. The van der Waals surface area contributed by atoms with Crippen LogP contribution in [0.25, 0.3) is 0 Å². The van der Waals surface area contributed by atoms with Crippen molar-refractivity contribution in [3.63, 3.8) is 0 Å². The number of hydrogen-bond donors (Lipinski definition) is 0. The number of ketones is 1. The summed E-state index contributed by atoms with van der Waals surface area (Å²) in [6, 6.07) is 9.75. The van der Waals surface area contributed by atoms with Crippen LogP contribution in [-0.2, 0) is 9.53 Å². The fourth-order valence-electron chi connectivity index (χ4n) is 7.96. The minimum atomic E-state index is -0.0736. The number of carbonyl (C=O) groups is 2. The third kappa shape index (κ3) is 3.87. The number of benzene rings is 1. The van der Waals surface area contributed by atoms with Crippen molar-refractivity contribution in [2.75, 3.05) is 0 Å². The molecule has 0 spiro atoms. The van der Waals surface area contributed by atoms with Crippen LogP contribution < -0.4 is 0 Å². The van der Waals surface area contributed by atoms with Gasteiger partial charge < -0.3 is 4.74 Å². The summed E-state index contributed by atoms with van der Waals surface area (Å²) >= 11 is 0. The van der Waals surface area contributed by atoms with Gasteiger partial charge in [0, 0.05) is 11.5 Å². The lowest BCUT2D eigenvalue weighted by atomic mass is 9.47. The molecule has 5 aliphatic carbocycles. The fourth-order valence-corrected chi connectivity index (χ4v) is 7.96. The SMILES string of the molecule is CC(C)[C@@H]1CC[C@@H](C)C[C@H]1OC(=O)[C@@H]1[C@H]2C[C@@H]3C[C@H](C2)[C@H](C(=O)c2ccccc2)[C@H]1C3. The van der Waals surface area contributed by atoms with Gasteiger partial charge in [0.05, 0.1) is 5.92 Å². The Kier molecular flexibility index (Phi) is 5.73. The second-order valence-corrected chi connectivity index (χ2v) is 11.6. The lowest BCUT2D eigenvalue weighted by Gasteiger charge is -2.57. The summed E-state index contributed by atoms with van der Waals surface area (Å²) in [6.45, 7) is 6.81. The van der Waals surface area contributed by atoms with E-state index in [4.69, 9.17) is 4.74 Å². The Morgan fingerprint density at radius 1 is 0.903 bits per heavy atom. The third-order valence-corrected chi connectivity index (χ3v) is 9.28. The van der Waals surface area contributed by atoms with Gasteiger partial charge in [-0.05, 0) is 80.0 Å². The maximum absolute atomic E-state index is 13.6. The molecule has 1 aromatic rings. The first-order valence-corrected chi connectivity index (χ1v) is 12.7. The van der Waals surface area contributed by atoms with Crippen molar-refractivity contribution in [1.29, 1.82) is 0 Å². The Hall–Kier alpha value is -1.64. The summed E-state index contributed by atoms with van der Waals surface area (Å²) in [5, 5.41) is 0. The molecule has 5 fully saturated rings. The van der Waals surface area contributed by atoms with Crippen LogP contribution in [0.3, 0.4) is 0 Å². The fraction of sp³-hybridized carbons (Fsp3) is 0.714. The maximum Gasteiger partial charge on any atom is 0.309 e. The molecule has 0 unspecified atom stereocenters. The molecule has 0 aromatic heterocycles. The highest BCUT2D eigenvalue weighted by molar-refractivity contribution is 5.98. The average molecular weight is 423 g/mol. The predicted molar refractivity (Wildman–Crippen MR) is 121 cm³/mol. The smallest absolute Gasteiger partial charge is 0.309 e. The summed E-state index contributed by atoms with van der Waals surface area (Å²) in [7, 11) is 0. The molecule has 168 valence electrons. The Balaban J connectivity index is 1.37. The van der Waals surface area contributed by atoms with Crippen molar-refractivity contribution in [2.45, 2.75) is 71.8 Å². The molecule has 0 heterocycles. The highest BCUT2D eigenvalue weighted by atomic mass is 16.5. The summed E-state index contributed by atoms with van der Waals surface area (Å²) in [5.41, 5.74) is 0.813. The number of hydrogen-bond acceptors (Lipinski definition) is 3. The molecular formula is C28H38O3. The molecule has 4 bridgehead atoms. The van der Waals surface area contributed by atoms with Gasteiger partial charge in [0.2, 0.25) is 0 Å². The van der Waals surface area contributed by atoms with Crippen LogP contribution in [0.15, 0.2) is 30.3 Å². The number of ether oxygens (including phenoxy) is 1. The largest absolute Gasteiger partial charge is 0.462 e. The van der Waals surface area contributed by atoms with E-state index in [1.165, 1.54) is 12.8 Å². The van der Waals surface area contributed by atoms with Crippen LogP contribution in [0.2, 0.25) is 0 Å². The Bertz CT molecular complexity index is 815. The van der Waals surface area contributed by atoms with Crippen molar-refractivity contribution < 1.29 is 14.3 Å². The van der Waals surface area contributed by atoms with E-state index in [9.17, 15) is 9.59 Å². The molecule has 0 amide bonds. The molecule has 0 N–H and O–H groups in total. The lowest BCUT2D eigenvalue weighted by molar-refractivity contribution is -0.177. The van der Waals surface area contributed by atoms with Crippen molar-refractivity contribution in [3.05, 3.63) is 35.9 Å². The van der Waals surface area contributed by atoms with Gasteiger partial charge in [-0.1, -0.05) is 57.5 Å². The molecule has 3 nitrogen and oxygen atoms in total. The minimum absolute atomic E-state index is 0.000995. The van der Waals surface area contributed by atoms with E-state index in [-0.39, 0.29) is 35.6 Å². The summed E-state index contributed by atoms with van der Waals surface area (Å²) in [4.78, 5) is 27.2. The zero-order chi connectivity index (χ0) is 21.7. The Morgan fingerprint density at radius 3 is 2.32 bits per heavy atom. The lowest BCUT2D eigenvalue weighted by Crippen LogP contribution is -2.56. The van der Waals surface area contributed by atoms with E-state index >= 15 is 0 Å². The van der Waals surface area contributed by atoms with Gasteiger partial charge in [0.1, 0.15) is 6.10 Å². The number of esters is 1. The zero-order valence-corrected chi connectivity index (χ0v) is 19.3. The van der Waals surface area contributed by atoms with Crippen molar-refractivity contribution in [2.24, 2.45) is 53.3 Å². The van der Waals surface area contributed by atoms with Crippen molar-refractivity contribution >= 4 is 11.8 Å². The molecule has 5 saturated carbocycles. The maximum atomic E-state index is 13.6. The number of Topliss-reactive ketones (excluding diaryl/α,β-unsaturated/α-hetero) is 1. The third-order valence-electron chi connectivity index (χ3n) is 9.28.